The van der Waals surface area contributed by atoms with Crippen LogP contribution in [-0.4, -0.2) is 19.0 Å². The first kappa shape index (κ1) is 14.6. The van der Waals surface area contributed by atoms with Crippen molar-refractivity contribution < 1.29 is 23.5 Å². The summed E-state index contributed by atoms with van der Waals surface area (Å²) in [6.07, 6.45) is 2.46. The van der Waals surface area contributed by atoms with Crippen LogP contribution in [-0.2, 0) is 11.3 Å². The summed E-state index contributed by atoms with van der Waals surface area (Å²) >= 11 is 0. The van der Waals surface area contributed by atoms with Crippen molar-refractivity contribution in [3.63, 3.8) is 0 Å². The number of aromatic nitrogens is 1. The van der Waals surface area contributed by atoms with Crippen LogP contribution in [0.25, 0.3) is 0 Å². The van der Waals surface area contributed by atoms with Gasteiger partial charge >= 0.3 is 5.97 Å². The van der Waals surface area contributed by atoms with Crippen LogP contribution in [0.5, 0.6) is 0 Å². The van der Waals surface area contributed by atoms with Crippen LogP contribution in [0.2, 0.25) is 0 Å². The molecule has 2 aromatic rings. The van der Waals surface area contributed by atoms with Crippen molar-refractivity contribution in [3.8, 4) is 0 Å². The molecule has 0 aliphatic carbocycles. The van der Waals surface area contributed by atoms with E-state index in [9.17, 15) is 14.8 Å². The number of rotatable bonds is 4. The molecule has 0 radical (unpaired) electrons. The van der Waals surface area contributed by atoms with Crippen molar-refractivity contribution in [3.05, 3.63) is 58.4 Å². The molecule has 0 aromatic carbocycles. The van der Waals surface area contributed by atoms with E-state index in [-0.39, 0.29) is 12.1 Å². The van der Waals surface area contributed by atoms with Crippen LogP contribution in [0, 0.1) is 12.1 Å². The number of nitrogens with zero attached hydrogens (tertiary/aromatic N) is 1. The molecule has 0 atom stereocenters. The lowest BCUT2D eigenvalue weighted by Crippen LogP contribution is -2.29. The summed E-state index contributed by atoms with van der Waals surface area (Å²) in [5.41, 5.74) is 0.558. The fourth-order valence-electron chi connectivity index (χ4n) is 1.80. The molecule has 0 aliphatic heterocycles. The molecular weight excluding hydrogens is 276 g/mol. The third-order valence-electron chi connectivity index (χ3n) is 2.83. The highest BCUT2D eigenvalue weighted by Gasteiger charge is 2.16. The molecule has 0 bridgehead atoms. The van der Waals surface area contributed by atoms with Crippen molar-refractivity contribution in [2.24, 2.45) is 0 Å². The van der Waals surface area contributed by atoms with Gasteiger partial charge in [-0.1, -0.05) is 0 Å². The first-order valence-electron chi connectivity index (χ1n) is 6.16. The third kappa shape index (κ3) is 3.38. The summed E-state index contributed by atoms with van der Waals surface area (Å²) in [6.45, 7) is 1.74. The fraction of sp³-hybridized carbons (Fsp3) is 0.214. The minimum absolute atomic E-state index is 0.102. The minimum atomic E-state index is -0.496. The Bertz CT molecular complexity index is 678. The van der Waals surface area contributed by atoms with Crippen molar-refractivity contribution in [1.29, 1.82) is 0 Å². The van der Waals surface area contributed by atoms with E-state index in [0.29, 0.717) is 21.8 Å². The number of carbonyl (C=O) groups is 2. The molecule has 21 heavy (non-hydrogen) atoms. The number of pyridine rings is 1. The zero-order valence-electron chi connectivity index (χ0n) is 11.6. The van der Waals surface area contributed by atoms with Gasteiger partial charge in [0.1, 0.15) is 22.6 Å². The molecule has 0 fully saturated rings. The average Bonchev–Trinajstić information content (AvgIpc) is 2.85. The standard InChI is InChI=1S/C14H14N2O5/c1-9-12(14(18)20-2)6-11(21-9)7-15-13(17)10-4-3-5-16(19)8-10/h3-6,8H,7H2,1-2H3,(H,15,17). The second-order valence-electron chi connectivity index (χ2n) is 4.31. The second kappa shape index (κ2) is 6.08. The Hall–Kier alpha value is -2.83. The van der Waals surface area contributed by atoms with Crippen molar-refractivity contribution in [2.45, 2.75) is 13.5 Å². The molecule has 0 spiro atoms. The van der Waals surface area contributed by atoms with Gasteiger partial charge < -0.3 is 19.7 Å². The normalized spacial score (nSPS) is 10.2. The molecule has 0 saturated heterocycles. The first-order chi connectivity index (χ1) is 10.0. The summed E-state index contributed by atoms with van der Waals surface area (Å²) in [5.74, 6) is -0.0615. The molecule has 1 amide bonds. The van der Waals surface area contributed by atoms with Gasteiger partial charge in [-0.2, -0.15) is 4.73 Å². The number of aryl methyl sites for hydroxylation is 1. The highest BCUT2D eigenvalue weighted by Crippen LogP contribution is 2.15. The number of ether oxygens (including phenoxy) is 1. The Kier molecular flexibility index (Phi) is 4.22. The molecule has 7 heteroatoms. The Labute approximate surface area is 120 Å². The van der Waals surface area contributed by atoms with Crippen LogP contribution in [0.1, 0.15) is 32.2 Å². The zero-order chi connectivity index (χ0) is 15.4. The van der Waals surface area contributed by atoms with Crippen molar-refractivity contribution in [1.82, 2.24) is 5.32 Å². The van der Waals surface area contributed by atoms with E-state index < -0.39 is 11.9 Å². The average molecular weight is 290 g/mol. The molecule has 110 valence electrons. The van der Waals surface area contributed by atoms with Gasteiger partial charge in [0, 0.05) is 6.07 Å². The lowest BCUT2D eigenvalue weighted by atomic mass is 10.2. The maximum Gasteiger partial charge on any atom is 0.341 e. The summed E-state index contributed by atoms with van der Waals surface area (Å²) in [5, 5.41) is 13.7. The zero-order valence-corrected chi connectivity index (χ0v) is 11.6. The molecule has 0 aliphatic rings. The molecule has 0 unspecified atom stereocenters. The van der Waals surface area contributed by atoms with E-state index in [0.717, 1.165) is 0 Å². The highest BCUT2D eigenvalue weighted by molar-refractivity contribution is 5.93. The molecule has 2 heterocycles. The predicted molar refractivity (Wildman–Crippen MR) is 71.4 cm³/mol. The van der Waals surface area contributed by atoms with Crippen molar-refractivity contribution in [2.75, 3.05) is 7.11 Å². The van der Waals surface area contributed by atoms with Crippen LogP contribution in [0.3, 0.4) is 0 Å². The number of hydrogen-bond acceptors (Lipinski definition) is 5. The monoisotopic (exact) mass is 290 g/mol. The van der Waals surface area contributed by atoms with Gasteiger partial charge in [0.15, 0.2) is 12.4 Å². The topological polar surface area (TPSA) is 95.5 Å². The fourth-order valence-corrected chi connectivity index (χ4v) is 1.80. The molecule has 1 N–H and O–H groups in total. The lowest BCUT2D eigenvalue weighted by molar-refractivity contribution is -0.605. The number of furan rings is 1. The summed E-state index contributed by atoms with van der Waals surface area (Å²) in [7, 11) is 1.28. The van der Waals surface area contributed by atoms with Gasteiger partial charge in [0.05, 0.1) is 13.7 Å². The van der Waals surface area contributed by atoms with Crippen LogP contribution < -0.4 is 10.0 Å². The summed E-state index contributed by atoms with van der Waals surface area (Å²) in [6, 6.07) is 4.52. The maximum atomic E-state index is 11.9. The number of amides is 1. The Morgan fingerprint density at radius 1 is 1.48 bits per heavy atom. The van der Waals surface area contributed by atoms with E-state index in [1.165, 1.54) is 37.7 Å². The van der Waals surface area contributed by atoms with Gasteiger partial charge in [-0.05, 0) is 19.1 Å². The number of hydrogen-bond donors (Lipinski definition) is 1. The van der Waals surface area contributed by atoms with Crippen LogP contribution in [0.15, 0.2) is 35.0 Å². The van der Waals surface area contributed by atoms with E-state index in [4.69, 9.17) is 4.42 Å². The summed E-state index contributed by atoms with van der Waals surface area (Å²) < 4.78 is 10.5. The van der Waals surface area contributed by atoms with E-state index in [1.807, 2.05) is 0 Å². The van der Waals surface area contributed by atoms with Crippen molar-refractivity contribution >= 4 is 11.9 Å². The van der Waals surface area contributed by atoms with Crippen LogP contribution in [0.4, 0.5) is 0 Å². The van der Waals surface area contributed by atoms with Gasteiger partial charge in [-0.15, -0.1) is 0 Å². The number of carbonyl (C=O) groups excluding carboxylic acids is 2. The molecule has 2 aromatic heterocycles. The number of esters is 1. The van der Waals surface area contributed by atoms with E-state index >= 15 is 0 Å². The second-order valence-corrected chi connectivity index (χ2v) is 4.31. The largest absolute Gasteiger partial charge is 0.619 e. The van der Waals surface area contributed by atoms with E-state index in [1.54, 1.807) is 6.92 Å². The molecule has 2 rings (SSSR count). The quantitative estimate of drug-likeness (QED) is 0.513. The Balaban J connectivity index is 2.03. The molecular formula is C14H14N2O5. The lowest BCUT2D eigenvalue weighted by Gasteiger charge is -2.02. The minimum Gasteiger partial charge on any atom is -0.619 e. The number of nitrogens with one attached hydrogen (secondary N) is 1. The Morgan fingerprint density at radius 2 is 2.24 bits per heavy atom. The maximum absolute atomic E-state index is 11.9. The van der Waals surface area contributed by atoms with Crippen LogP contribution >= 0.6 is 0 Å². The molecule has 0 saturated carbocycles. The van der Waals surface area contributed by atoms with Gasteiger partial charge in [0.25, 0.3) is 5.91 Å². The highest BCUT2D eigenvalue weighted by atomic mass is 16.5. The SMILES string of the molecule is COC(=O)c1cc(CNC(=O)c2ccc[n+]([O-])c2)oc1C. The first-order valence-corrected chi connectivity index (χ1v) is 6.16. The summed E-state index contributed by atoms with van der Waals surface area (Å²) in [4.78, 5) is 23.3. The van der Waals surface area contributed by atoms with Gasteiger partial charge in [-0.25, -0.2) is 4.79 Å². The number of methoxy groups -OCH3 is 1. The third-order valence-corrected chi connectivity index (χ3v) is 2.83. The smallest absolute Gasteiger partial charge is 0.341 e. The van der Waals surface area contributed by atoms with Gasteiger partial charge in [-0.3, -0.25) is 4.79 Å². The Morgan fingerprint density at radius 3 is 2.90 bits per heavy atom. The predicted octanol–water partition coefficient (Wildman–Crippen LogP) is 0.938. The van der Waals surface area contributed by atoms with E-state index in [2.05, 4.69) is 10.1 Å². The van der Waals surface area contributed by atoms with Gasteiger partial charge in [0.2, 0.25) is 0 Å². The molecule has 7 nitrogen and oxygen atoms in total.